The quantitative estimate of drug-likeness (QED) is 0.439. The summed E-state index contributed by atoms with van der Waals surface area (Å²) >= 11 is 0. The molecule has 0 radical (unpaired) electrons. The standard InChI is InChI=1S/C18H20N4O4/c1-2-26-16(23)10-14(12-6-4-3-5-7-12)20-18-15(22(24)25)11-19-17(21-18)13-8-9-13/h3-7,11,13-14H,2,8-10H2,1H3,(H,19,20,21)/t14-/m1/s1. The number of benzene rings is 1. The Morgan fingerprint density at radius 1 is 1.38 bits per heavy atom. The summed E-state index contributed by atoms with van der Waals surface area (Å²) in [4.78, 5) is 31.3. The maximum atomic E-state index is 12.0. The van der Waals surface area contributed by atoms with Crippen molar-refractivity contribution < 1.29 is 14.5 Å². The van der Waals surface area contributed by atoms with Crippen LogP contribution in [0.5, 0.6) is 0 Å². The van der Waals surface area contributed by atoms with Crippen molar-refractivity contribution in [2.75, 3.05) is 11.9 Å². The fourth-order valence-corrected chi connectivity index (χ4v) is 2.66. The average molecular weight is 356 g/mol. The van der Waals surface area contributed by atoms with E-state index in [2.05, 4.69) is 15.3 Å². The van der Waals surface area contributed by atoms with E-state index in [1.807, 2.05) is 30.3 Å². The van der Waals surface area contributed by atoms with Crippen molar-refractivity contribution in [3.8, 4) is 0 Å². The number of anilines is 1. The smallest absolute Gasteiger partial charge is 0.329 e. The zero-order valence-corrected chi connectivity index (χ0v) is 14.4. The van der Waals surface area contributed by atoms with E-state index in [0.717, 1.165) is 18.4 Å². The molecule has 0 spiro atoms. The summed E-state index contributed by atoms with van der Waals surface area (Å²) in [6, 6.07) is 8.77. The van der Waals surface area contributed by atoms with Crippen molar-refractivity contribution in [3.63, 3.8) is 0 Å². The van der Waals surface area contributed by atoms with Crippen molar-refractivity contribution >= 4 is 17.5 Å². The van der Waals surface area contributed by atoms with E-state index in [0.29, 0.717) is 5.82 Å². The van der Waals surface area contributed by atoms with Gasteiger partial charge in [-0.1, -0.05) is 30.3 Å². The number of nitrogens with one attached hydrogen (secondary N) is 1. The molecule has 1 aliphatic carbocycles. The summed E-state index contributed by atoms with van der Waals surface area (Å²) < 4.78 is 5.04. The van der Waals surface area contributed by atoms with Crippen molar-refractivity contribution in [2.24, 2.45) is 0 Å². The molecule has 1 saturated carbocycles. The number of aromatic nitrogens is 2. The lowest BCUT2D eigenvalue weighted by atomic mass is 10.0. The molecular formula is C18H20N4O4. The maximum absolute atomic E-state index is 12.0. The molecule has 1 heterocycles. The zero-order valence-electron chi connectivity index (χ0n) is 14.4. The molecule has 0 saturated heterocycles. The third-order valence-electron chi connectivity index (χ3n) is 4.12. The highest BCUT2D eigenvalue weighted by molar-refractivity contribution is 5.71. The third-order valence-corrected chi connectivity index (χ3v) is 4.12. The molecule has 1 fully saturated rings. The molecule has 0 aliphatic heterocycles. The molecule has 1 aromatic heterocycles. The van der Waals surface area contributed by atoms with Crippen LogP contribution in [0.25, 0.3) is 0 Å². The summed E-state index contributed by atoms with van der Waals surface area (Å²) in [5.74, 6) is 0.607. The highest BCUT2D eigenvalue weighted by Gasteiger charge is 2.30. The fraction of sp³-hybridized carbons (Fsp3) is 0.389. The van der Waals surface area contributed by atoms with Crippen LogP contribution in [-0.4, -0.2) is 27.5 Å². The molecule has 1 N–H and O–H groups in total. The van der Waals surface area contributed by atoms with Crippen LogP contribution in [0.2, 0.25) is 0 Å². The molecule has 3 rings (SSSR count). The molecule has 0 amide bonds. The Labute approximate surface area is 150 Å². The van der Waals surface area contributed by atoms with Crippen molar-refractivity contribution in [1.29, 1.82) is 0 Å². The number of nitrogens with zero attached hydrogens (tertiary/aromatic N) is 3. The van der Waals surface area contributed by atoms with Crippen molar-refractivity contribution in [3.05, 3.63) is 58.0 Å². The third kappa shape index (κ3) is 4.33. The van der Waals surface area contributed by atoms with E-state index < -0.39 is 11.0 Å². The van der Waals surface area contributed by atoms with Crippen LogP contribution in [0.3, 0.4) is 0 Å². The van der Waals surface area contributed by atoms with Gasteiger partial charge in [0.15, 0.2) is 0 Å². The first-order valence-electron chi connectivity index (χ1n) is 8.57. The van der Waals surface area contributed by atoms with Crippen LogP contribution in [0, 0.1) is 10.1 Å². The van der Waals surface area contributed by atoms with E-state index in [1.54, 1.807) is 6.92 Å². The van der Waals surface area contributed by atoms with Crippen LogP contribution in [0.15, 0.2) is 36.5 Å². The fourth-order valence-electron chi connectivity index (χ4n) is 2.66. The average Bonchev–Trinajstić information content (AvgIpc) is 3.47. The van der Waals surface area contributed by atoms with E-state index in [4.69, 9.17) is 4.74 Å². The highest BCUT2D eigenvalue weighted by Crippen LogP contribution is 2.39. The lowest BCUT2D eigenvalue weighted by molar-refractivity contribution is -0.384. The summed E-state index contributed by atoms with van der Waals surface area (Å²) in [5, 5.41) is 14.4. The number of hydrogen-bond acceptors (Lipinski definition) is 7. The zero-order chi connectivity index (χ0) is 18.5. The molecule has 1 atom stereocenters. The minimum absolute atomic E-state index is 0.0395. The first kappa shape index (κ1) is 17.8. The Morgan fingerprint density at radius 2 is 2.12 bits per heavy atom. The van der Waals surface area contributed by atoms with E-state index in [9.17, 15) is 14.9 Å². The minimum atomic E-state index is -0.522. The Hall–Kier alpha value is -3.03. The second-order valence-corrected chi connectivity index (χ2v) is 6.11. The molecule has 2 aromatic rings. The second kappa shape index (κ2) is 7.90. The Bertz CT molecular complexity index is 793. The van der Waals surface area contributed by atoms with E-state index in [1.165, 1.54) is 6.20 Å². The number of rotatable bonds is 8. The van der Waals surface area contributed by atoms with Crippen LogP contribution in [0.4, 0.5) is 11.5 Å². The number of nitro groups is 1. The monoisotopic (exact) mass is 356 g/mol. The predicted octanol–water partition coefficient (Wildman–Crippen LogP) is 3.37. The molecule has 0 bridgehead atoms. The molecule has 26 heavy (non-hydrogen) atoms. The SMILES string of the molecule is CCOC(=O)C[C@@H](Nc1nc(C2CC2)ncc1[N+](=O)[O-])c1ccccc1. The molecule has 1 aromatic carbocycles. The molecular weight excluding hydrogens is 336 g/mol. The molecule has 8 nitrogen and oxygen atoms in total. The van der Waals surface area contributed by atoms with E-state index >= 15 is 0 Å². The number of carbonyl (C=O) groups is 1. The van der Waals surface area contributed by atoms with Gasteiger partial charge in [-0.25, -0.2) is 9.97 Å². The summed E-state index contributed by atoms with van der Waals surface area (Å²) in [6.07, 6.45) is 3.25. The second-order valence-electron chi connectivity index (χ2n) is 6.11. The molecule has 1 aliphatic rings. The predicted molar refractivity (Wildman–Crippen MR) is 94.7 cm³/mol. The van der Waals surface area contributed by atoms with Gasteiger partial charge in [-0.2, -0.15) is 0 Å². The Balaban J connectivity index is 1.91. The lowest BCUT2D eigenvalue weighted by Gasteiger charge is -2.19. The van der Waals surface area contributed by atoms with Gasteiger partial charge in [-0.15, -0.1) is 0 Å². The summed E-state index contributed by atoms with van der Waals surface area (Å²) in [5.41, 5.74) is 0.612. The maximum Gasteiger partial charge on any atom is 0.329 e. The van der Waals surface area contributed by atoms with Crippen molar-refractivity contribution in [1.82, 2.24) is 9.97 Å². The van der Waals surface area contributed by atoms with Gasteiger partial charge in [0.25, 0.3) is 0 Å². The first-order valence-corrected chi connectivity index (χ1v) is 8.57. The van der Waals surface area contributed by atoms with Crippen LogP contribution in [0.1, 0.15) is 49.5 Å². The van der Waals surface area contributed by atoms with Gasteiger partial charge in [0.2, 0.25) is 5.82 Å². The molecule has 136 valence electrons. The van der Waals surface area contributed by atoms with Crippen molar-refractivity contribution in [2.45, 2.75) is 38.1 Å². The largest absolute Gasteiger partial charge is 0.466 e. The minimum Gasteiger partial charge on any atom is -0.466 e. The highest BCUT2D eigenvalue weighted by atomic mass is 16.6. The molecule has 0 unspecified atom stereocenters. The van der Waals surface area contributed by atoms with Gasteiger partial charge in [-0.3, -0.25) is 14.9 Å². The Morgan fingerprint density at radius 3 is 2.73 bits per heavy atom. The van der Waals surface area contributed by atoms with Crippen LogP contribution < -0.4 is 5.32 Å². The normalized spacial score (nSPS) is 14.5. The number of carbonyl (C=O) groups excluding carboxylic acids is 1. The van der Waals surface area contributed by atoms with E-state index in [-0.39, 0.29) is 36.4 Å². The summed E-state index contributed by atoms with van der Waals surface area (Å²) in [6.45, 7) is 2.01. The van der Waals surface area contributed by atoms with Gasteiger partial charge >= 0.3 is 11.7 Å². The molecule has 8 heteroatoms. The first-order chi connectivity index (χ1) is 12.6. The van der Waals surface area contributed by atoms with Crippen LogP contribution in [-0.2, 0) is 9.53 Å². The number of ether oxygens (including phenoxy) is 1. The van der Waals surface area contributed by atoms with Gasteiger partial charge in [-0.05, 0) is 25.3 Å². The number of hydrogen-bond donors (Lipinski definition) is 1. The topological polar surface area (TPSA) is 107 Å². The van der Waals surface area contributed by atoms with Gasteiger partial charge in [0, 0.05) is 5.92 Å². The van der Waals surface area contributed by atoms with Crippen LogP contribution >= 0.6 is 0 Å². The van der Waals surface area contributed by atoms with Gasteiger partial charge < -0.3 is 10.1 Å². The number of esters is 1. The Kier molecular flexibility index (Phi) is 5.40. The lowest BCUT2D eigenvalue weighted by Crippen LogP contribution is -2.19. The summed E-state index contributed by atoms with van der Waals surface area (Å²) in [7, 11) is 0. The van der Waals surface area contributed by atoms with Gasteiger partial charge in [0.05, 0.1) is 24.0 Å². The van der Waals surface area contributed by atoms with Gasteiger partial charge in [0.1, 0.15) is 12.0 Å².